The molecule has 216 valence electrons. The number of esters is 1. The van der Waals surface area contributed by atoms with Crippen LogP contribution in [0.25, 0.3) is 0 Å². The third kappa shape index (κ3) is 7.81. The van der Waals surface area contributed by atoms with Crippen LogP contribution in [0.15, 0.2) is 23.1 Å². The molecule has 0 aromatic heterocycles. The number of nitrogens with zero attached hydrogens (tertiary/aromatic N) is 1. The molecule has 0 aliphatic carbocycles. The van der Waals surface area contributed by atoms with Gasteiger partial charge in [0.2, 0.25) is 21.8 Å². The Labute approximate surface area is 272 Å². The van der Waals surface area contributed by atoms with Crippen LogP contribution in [0, 0.1) is 17.6 Å². The first-order valence-electron chi connectivity index (χ1n) is 11.6. The fraction of sp³-hybridized carbons (Fsp3) is 0.333. The second-order valence-corrected chi connectivity index (χ2v) is 13.7. The molecular formula is C24H25I3N4O8S. The summed E-state index contributed by atoms with van der Waals surface area (Å²) in [4.78, 5) is 49.4. The summed E-state index contributed by atoms with van der Waals surface area (Å²) in [5.74, 6) is -2.29. The normalized spacial score (nSPS) is 13.8. The van der Waals surface area contributed by atoms with Crippen LogP contribution in [0.3, 0.4) is 0 Å². The summed E-state index contributed by atoms with van der Waals surface area (Å²) in [6.45, 7) is 4.74. The first-order chi connectivity index (χ1) is 18.7. The van der Waals surface area contributed by atoms with Gasteiger partial charge in [0.15, 0.2) is 6.61 Å². The third-order valence-corrected chi connectivity index (χ3v) is 10.7. The summed E-state index contributed by atoms with van der Waals surface area (Å²) in [5, 5.41) is 7.94. The highest BCUT2D eigenvalue weighted by Crippen LogP contribution is 2.39. The van der Waals surface area contributed by atoms with Gasteiger partial charge in [-0.3, -0.25) is 14.4 Å². The van der Waals surface area contributed by atoms with Gasteiger partial charge in [0.1, 0.15) is 0 Å². The summed E-state index contributed by atoms with van der Waals surface area (Å²) in [6.07, 6.45) is 0. The lowest BCUT2D eigenvalue weighted by atomic mass is 10.1. The highest BCUT2D eigenvalue weighted by Gasteiger charge is 2.28. The van der Waals surface area contributed by atoms with Crippen LogP contribution in [-0.4, -0.2) is 69.3 Å². The van der Waals surface area contributed by atoms with Gasteiger partial charge in [-0.2, -0.15) is 4.31 Å². The van der Waals surface area contributed by atoms with Gasteiger partial charge >= 0.3 is 5.97 Å². The second kappa shape index (κ2) is 14.0. The Hall–Kier alpha value is -1.62. The van der Waals surface area contributed by atoms with E-state index in [2.05, 4.69) is 16.0 Å². The number of morpholine rings is 1. The molecule has 1 aliphatic rings. The lowest BCUT2D eigenvalue weighted by molar-refractivity contribution is -0.119. The van der Waals surface area contributed by atoms with E-state index in [1.165, 1.54) is 30.3 Å². The maximum atomic E-state index is 13.1. The first kappa shape index (κ1) is 32.9. The molecule has 3 N–H and O–H groups in total. The van der Waals surface area contributed by atoms with Crippen LogP contribution in [-0.2, 0) is 33.9 Å². The molecule has 12 nitrogen and oxygen atoms in total. The lowest BCUT2D eigenvalue weighted by Crippen LogP contribution is -2.40. The molecular weight excluding hydrogens is 885 g/mol. The highest BCUT2D eigenvalue weighted by atomic mass is 127. The number of benzene rings is 2. The average Bonchev–Trinajstić information content (AvgIpc) is 2.89. The number of rotatable bonds is 8. The fourth-order valence-electron chi connectivity index (χ4n) is 3.64. The molecule has 0 bridgehead atoms. The molecule has 1 heterocycles. The zero-order valence-electron chi connectivity index (χ0n) is 21.5. The van der Waals surface area contributed by atoms with E-state index in [0.717, 1.165) is 0 Å². The molecule has 3 amide bonds. The summed E-state index contributed by atoms with van der Waals surface area (Å²) in [6, 6.07) is 4.42. The van der Waals surface area contributed by atoms with Crippen molar-refractivity contribution in [3.05, 3.63) is 40.0 Å². The molecule has 2 aromatic rings. The van der Waals surface area contributed by atoms with Crippen molar-refractivity contribution in [3.63, 3.8) is 0 Å². The minimum atomic E-state index is -3.78. The summed E-state index contributed by atoms with van der Waals surface area (Å²) < 4.78 is 39.1. The van der Waals surface area contributed by atoms with Crippen LogP contribution in [0.4, 0.5) is 17.1 Å². The van der Waals surface area contributed by atoms with Crippen molar-refractivity contribution in [3.8, 4) is 0 Å². The predicted octanol–water partition coefficient (Wildman–Crippen LogP) is 3.54. The van der Waals surface area contributed by atoms with E-state index in [0.29, 0.717) is 40.9 Å². The van der Waals surface area contributed by atoms with Gasteiger partial charge in [-0.05, 0) is 92.4 Å². The molecule has 0 spiro atoms. The standard InChI is InChI=1S/C24H25I3N4O8S/c1-12-4-5-15(40(36,37)31-6-8-38-9-7-31)10-16(12)30-17(34)11-39-24(35)18-19(25)22(28-13(2)32)21(27)23(20(18)26)29-14(3)33/h4-5,10H,6-9,11H2,1-3H3,(H,28,32)(H,29,33)(H,30,34). The van der Waals surface area contributed by atoms with E-state index in [1.807, 2.05) is 67.8 Å². The molecule has 0 saturated carbocycles. The van der Waals surface area contributed by atoms with Gasteiger partial charge in [-0.1, -0.05) is 6.07 Å². The maximum absolute atomic E-state index is 13.1. The Morgan fingerprint density at radius 3 is 2.00 bits per heavy atom. The summed E-state index contributed by atoms with van der Waals surface area (Å²) in [5.41, 5.74) is 1.58. The maximum Gasteiger partial charge on any atom is 0.340 e. The van der Waals surface area contributed by atoms with Crippen molar-refractivity contribution in [1.82, 2.24) is 4.31 Å². The monoisotopic (exact) mass is 910 g/mol. The minimum Gasteiger partial charge on any atom is -0.452 e. The molecule has 40 heavy (non-hydrogen) atoms. The van der Waals surface area contributed by atoms with E-state index < -0.39 is 28.5 Å². The zero-order chi connectivity index (χ0) is 29.8. The summed E-state index contributed by atoms with van der Waals surface area (Å²) >= 11 is 5.75. The van der Waals surface area contributed by atoms with Crippen molar-refractivity contribution in [2.75, 3.05) is 48.9 Å². The molecule has 0 atom stereocenters. The fourth-order valence-corrected chi connectivity index (χ4v) is 9.22. The Morgan fingerprint density at radius 1 is 0.925 bits per heavy atom. The van der Waals surface area contributed by atoms with Crippen molar-refractivity contribution in [2.45, 2.75) is 25.7 Å². The average molecular weight is 910 g/mol. The van der Waals surface area contributed by atoms with Crippen molar-refractivity contribution in [1.29, 1.82) is 0 Å². The third-order valence-electron chi connectivity index (χ3n) is 5.55. The summed E-state index contributed by atoms with van der Waals surface area (Å²) in [7, 11) is -3.78. The van der Waals surface area contributed by atoms with Crippen LogP contribution in [0.2, 0.25) is 0 Å². The number of aryl methyl sites for hydroxylation is 1. The van der Waals surface area contributed by atoms with Crippen molar-refractivity contribution < 1.29 is 37.1 Å². The van der Waals surface area contributed by atoms with Gasteiger partial charge in [-0.25, -0.2) is 13.2 Å². The van der Waals surface area contributed by atoms with Crippen molar-refractivity contribution in [2.24, 2.45) is 0 Å². The number of sulfonamides is 1. The number of carbonyl (C=O) groups excluding carboxylic acids is 4. The van der Waals surface area contributed by atoms with Crippen LogP contribution < -0.4 is 16.0 Å². The van der Waals surface area contributed by atoms with Gasteiger partial charge in [0.25, 0.3) is 5.91 Å². The molecule has 1 saturated heterocycles. The molecule has 0 radical (unpaired) electrons. The molecule has 16 heteroatoms. The number of halogens is 3. The topological polar surface area (TPSA) is 160 Å². The van der Waals surface area contributed by atoms with Gasteiger partial charge in [-0.15, -0.1) is 0 Å². The number of ether oxygens (including phenoxy) is 2. The smallest absolute Gasteiger partial charge is 0.340 e. The van der Waals surface area contributed by atoms with Crippen molar-refractivity contribution >= 4 is 119 Å². The number of hydrogen-bond acceptors (Lipinski definition) is 8. The van der Waals surface area contributed by atoms with E-state index in [4.69, 9.17) is 9.47 Å². The van der Waals surface area contributed by atoms with Gasteiger partial charge < -0.3 is 25.4 Å². The number of anilines is 3. The quantitative estimate of drug-likeness (QED) is 0.268. The first-order valence-corrected chi connectivity index (χ1v) is 16.3. The molecule has 1 fully saturated rings. The Morgan fingerprint density at radius 2 is 1.48 bits per heavy atom. The van der Waals surface area contributed by atoms with E-state index in [9.17, 15) is 27.6 Å². The number of hydrogen-bond donors (Lipinski definition) is 3. The van der Waals surface area contributed by atoms with Gasteiger partial charge in [0, 0.05) is 32.6 Å². The van der Waals surface area contributed by atoms with Crippen LogP contribution in [0.5, 0.6) is 0 Å². The molecule has 2 aromatic carbocycles. The predicted molar refractivity (Wildman–Crippen MR) is 173 cm³/mol. The van der Waals surface area contributed by atoms with E-state index in [1.54, 1.807) is 13.0 Å². The van der Waals surface area contributed by atoms with E-state index >= 15 is 0 Å². The minimum absolute atomic E-state index is 0.0197. The highest BCUT2D eigenvalue weighted by molar-refractivity contribution is 14.1. The number of nitrogens with one attached hydrogen (secondary N) is 3. The van der Waals surface area contributed by atoms with Crippen LogP contribution >= 0.6 is 67.8 Å². The van der Waals surface area contributed by atoms with Crippen LogP contribution in [0.1, 0.15) is 29.8 Å². The number of carbonyl (C=O) groups is 4. The molecule has 1 aliphatic heterocycles. The Bertz CT molecular complexity index is 1430. The second-order valence-electron chi connectivity index (χ2n) is 8.55. The number of amides is 3. The SMILES string of the molecule is CC(=O)Nc1c(I)c(NC(C)=O)c(I)c(C(=O)OCC(=O)Nc2cc(S(=O)(=O)N3CCOCC3)ccc2C)c1I. The lowest BCUT2D eigenvalue weighted by Gasteiger charge is -2.26. The zero-order valence-corrected chi connectivity index (χ0v) is 28.8. The Balaban J connectivity index is 1.81. The van der Waals surface area contributed by atoms with E-state index in [-0.39, 0.29) is 41.1 Å². The largest absolute Gasteiger partial charge is 0.452 e. The molecule has 3 rings (SSSR count). The van der Waals surface area contributed by atoms with Gasteiger partial charge in [0.05, 0.1) is 45.8 Å². The Kier molecular flexibility index (Phi) is 11.5. The molecule has 0 unspecified atom stereocenters.